The van der Waals surface area contributed by atoms with Gasteiger partial charge in [-0.3, -0.25) is 14.5 Å². The first kappa shape index (κ1) is 19.7. The molecule has 0 aliphatic rings. The largest absolute Gasteiger partial charge is 0.481 e. The Bertz CT molecular complexity index is 671. The molecule has 0 saturated heterocycles. The molecule has 0 saturated carbocycles. The molecule has 0 bridgehead atoms. The molecule has 1 aromatic heterocycles. The van der Waals surface area contributed by atoms with Crippen LogP contribution < -0.4 is 0 Å². The molecule has 2 rings (SSSR count). The van der Waals surface area contributed by atoms with Crippen molar-refractivity contribution >= 4 is 22.8 Å². The second-order valence-electron chi connectivity index (χ2n) is 5.49. The van der Waals surface area contributed by atoms with Gasteiger partial charge in [0.2, 0.25) is 0 Å². The van der Waals surface area contributed by atoms with Crippen LogP contribution in [0.1, 0.15) is 32.8 Å². The second-order valence-corrected chi connectivity index (χ2v) is 5.49. The number of carbonyl (C=O) groups is 2. The molecule has 0 aliphatic carbocycles. The van der Waals surface area contributed by atoms with Crippen LogP contribution in [0.15, 0.2) is 30.5 Å². The maximum Gasteiger partial charge on any atom is 0.305 e. The number of nitrogens with zero attached hydrogens (tertiary/aromatic N) is 2. The van der Waals surface area contributed by atoms with Crippen LogP contribution in [0.2, 0.25) is 0 Å². The lowest BCUT2D eigenvalue weighted by Gasteiger charge is -2.17. The van der Waals surface area contributed by atoms with E-state index in [1.54, 1.807) is 0 Å². The topological polar surface area (TPSA) is 82.8 Å². The molecule has 0 spiro atoms. The Kier molecular flexibility index (Phi) is 7.98. The third-order valence-corrected chi connectivity index (χ3v) is 3.73. The lowest BCUT2D eigenvalue weighted by atomic mass is 10.1. The van der Waals surface area contributed by atoms with Gasteiger partial charge in [-0.1, -0.05) is 32.0 Å². The van der Waals surface area contributed by atoms with Crippen molar-refractivity contribution in [3.05, 3.63) is 36.0 Å². The smallest absolute Gasteiger partial charge is 0.305 e. The summed E-state index contributed by atoms with van der Waals surface area (Å²) in [6.07, 6.45) is 2.26. The summed E-state index contributed by atoms with van der Waals surface area (Å²) >= 11 is 0. The number of hydrogen-bond acceptors (Lipinski definition) is 3. The maximum absolute atomic E-state index is 10.8. The molecule has 2 aromatic rings. The number of aryl methyl sites for hydroxylation is 1. The molecule has 0 aliphatic heterocycles. The molecular formula is C18H26N2O4. The molecule has 2 N–H and O–H groups in total. The van der Waals surface area contributed by atoms with Crippen LogP contribution in [-0.2, 0) is 22.7 Å². The summed E-state index contributed by atoms with van der Waals surface area (Å²) in [5.41, 5.74) is 2.39. The Morgan fingerprint density at radius 1 is 1.12 bits per heavy atom. The number of carboxylic acid groups (broad SMARTS) is 2. The quantitative estimate of drug-likeness (QED) is 0.813. The number of para-hydroxylation sites is 1. The van der Waals surface area contributed by atoms with Crippen LogP contribution in [0, 0.1) is 0 Å². The van der Waals surface area contributed by atoms with Crippen molar-refractivity contribution in [3.63, 3.8) is 0 Å². The minimum atomic E-state index is -0.833. The maximum atomic E-state index is 10.8. The van der Waals surface area contributed by atoms with E-state index in [9.17, 15) is 4.79 Å². The van der Waals surface area contributed by atoms with E-state index in [-0.39, 0.29) is 6.42 Å². The summed E-state index contributed by atoms with van der Waals surface area (Å²) in [4.78, 5) is 22.1. The number of carboxylic acids is 2. The molecule has 0 atom stereocenters. The van der Waals surface area contributed by atoms with E-state index in [0.29, 0.717) is 6.54 Å². The number of aliphatic carboxylic acids is 2. The SMILES string of the molecule is CC(=O)O.CCN(CC)Cc1cn(CCC(=O)O)c2ccccc12. The van der Waals surface area contributed by atoms with Crippen molar-refractivity contribution in [1.82, 2.24) is 9.47 Å². The summed E-state index contributed by atoms with van der Waals surface area (Å²) in [6.45, 7) is 8.87. The summed E-state index contributed by atoms with van der Waals surface area (Å²) in [5.74, 6) is -1.59. The fourth-order valence-electron chi connectivity index (χ4n) is 2.54. The lowest BCUT2D eigenvalue weighted by molar-refractivity contribution is -0.137. The highest BCUT2D eigenvalue weighted by atomic mass is 16.4. The van der Waals surface area contributed by atoms with Crippen LogP contribution in [0.4, 0.5) is 0 Å². The first-order valence-electron chi connectivity index (χ1n) is 8.09. The van der Waals surface area contributed by atoms with Gasteiger partial charge in [0.15, 0.2) is 0 Å². The van der Waals surface area contributed by atoms with E-state index in [4.69, 9.17) is 15.0 Å². The van der Waals surface area contributed by atoms with Crippen LogP contribution in [-0.4, -0.2) is 44.7 Å². The number of benzene rings is 1. The zero-order chi connectivity index (χ0) is 18.1. The Balaban J connectivity index is 0.000000648. The van der Waals surface area contributed by atoms with E-state index >= 15 is 0 Å². The van der Waals surface area contributed by atoms with Gasteiger partial charge in [0.1, 0.15) is 0 Å². The van der Waals surface area contributed by atoms with Crippen molar-refractivity contribution in [1.29, 1.82) is 0 Å². The van der Waals surface area contributed by atoms with E-state index in [1.165, 1.54) is 10.9 Å². The predicted octanol–water partition coefficient (Wildman–Crippen LogP) is 3.05. The van der Waals surface area contributed by atoms with Crippen LogP contribution >= 0.6 is 0 Å². The van der Waals surface area contributed by atoms with Gasteiger partial charge in [0.25, 0.3) is 5.97 Å². The number of rotatable bonds is 7. The van der Waals surface area contributed by atoms with Crippen molar-refractivity contribution < 1.29 is 19.8 Å². The van der Waals surface area contributed by atoms with E-state index in [0.717, 1.165) is 32.1 Å². The second kappa shape index (κ2) is 9.72. The monoisotopic (exact) mass is 334 g/mol. The molecule has 6 heteroatoms. The van der Waals surface area contributed by atoms with Gasteiger partial charge in [-0.15, -0.1) is 0 Å². The van der Waals surface area contributed by atoms with Gasteiger partial charge in [-0.05, 0) is 24.7 Å². The number of aromatic nitrogens is 1. The molecule has 6 nitrogen and oxygen atoms in total. The predicted molar refractivity (Wildman–Crippen MR) is 94.1 cm³/mol. The summed E-state index contributed by atoms with van der Waals surface area (Å²) in [6, 6.07) is 8.21. The van der Waals surface area contributed by atoms with Crippen LogP contribution in [0.25, 0.3) is 10.9 Å². The number of hydrogen-bond donors (Lipinski definition) is 2. The molecule has 0 amide bonds. The van der Waals surface area contributed by atoms with E-state index in [1.807, 2.05) is 12.1 Å². The van der Waals surface area contributed by atoms with Gasteiger partial charge >= 0.3 is 5.97 Å². The average Bonchev–Trinajstić information content (AvgIpc) is 2.88. The van der Waals surface area contributed by atoms with E-state index < -0.39 is 11.9 Å². The Morgan fingerprint density at radius 2 is 1.71 bits per heavy atom. The standard InChI is InChI=1S/C16H22N2O2.C2H4O2/c1-3-17(4-2)11-13-12-18(10-9-16(19)20)15-8-6-5-7-14(13)15;1-2(3)4/h5-8,12H,3-4,9-11H2,1-2H3,(H,19,20);1H3,(H,3,4). The normalized spacial score (nSPS) is 10.5. The highest BCUT2D eigenvalue weighted by molar-refractivity contribution is 5.84. The van der Waals surface area contributed by atoms with Gasteiger partial charge in [-0.2, -0.15) is 0 Å². The molecule has 24 heavy (non-hydrogen) atoms. The molecule has 132 valence electrons. The van der Waals surface area contributed by atoms with Gasteiger partial charge in [0, 0.05) is 37.1 Å². The van der Waals surface area contributed by atoms with Crippen LogP contribution in [0.3, 0.4) is 0 Å². The first-order chi connectivity index (χ1) is 11.4. The zero-order valence-corrected chi connectivity index (χ0v) is 14.5. The first-order valence-corrected chi connectivity index (χ1v) is 8.09. The highest BCUT2D eigenvalue weighted by Gasteiger charge is 2.11. The molecule has 0 fully saturated rings. The zero-order valence-electron chi connectivity index (χ0n) is 14.5. The average molecular weight is 334 g/mol. The number of fused-ring (bicyclic) bond motifs is 1. The fraction of sp³-hybridized carbons (Fsp3) is 0.444. The molecule has 1 heterocycles. The molecule has 0 radical (unpaired) electrons. The third-order valence-electron chi connectivity index (χ3n) is 3.73. The van der Waals surface area contributed by atoms with Crippen molar-refractivity contribution in [2.24, 2.45) is 0 Å². The lowest BCUT2D eigenvalue weighted by Crippen LogP contribution is -2.21. The minimum Gasteiger partial charge on any atom is -0.481 e. The van der Waals surface area contributed by atoms with Crippen molar-refractivity contribution in [2.45, 2.75) is 40.3 Å². The van der Waals surface area contributed by atoms with Gasteiger partial charge < -0.3 is 14.8 Å². The van der Waals surface area contributed by atoms with Crippen molar-refractivity contribution in [2.75, 3.05) is 13.1 Å². The Morgan fingerprint density at radius 3 is 2.25 bits per heavy atom. The van der Waals surface area contributed by atoms with Gasteiger partial charge in [0.05, 0.1) is 6.42 Å². The van der Waals surface area contributed by atoms with Gasteiger partial charge in [-0.25, -0.2) is 0 Å². The minimum absolute atomic E-state index is 0.156. The molecule has 1 aromatic carbocycles. The third kappa shape index (κ3) is 6.04. The Hall–Kier alpha value is -2.34. The summed E-state index contributed by atoms with van der Waals surface area (Å²) < 4.78 is 2.06. The summed E-state index contributed by atoms with van der Waals surface area (Å²) in [7, 11) is 0. The fourth-order valence-corrected chi connectivity index (χ4v) is 2.54. The highest BCUT2D eigenvalue weighted by Crippen LogP contribution is 2.23. The summed E-state index contributed by atoms with van der Waals surface area (Å²) in [5, 5.41) is 17.5. The van der Waals surface area contributed by atoms with Crippen molar-refractivity contribution in [3.8, 4) is 0 Å². The van der Waals surface area contributed by atoms with E-state index in [2.05, 4.69) is 41.6 Å². The Labute approximate surface area is 142 Å². The molecular weight excluding hydrogens is 308 g/mol. The molecule has 0 unspecified atom stereocenters. The van der Waals surface area contributed by atoms with Crippen LogP contribution in [0.5, 0.6) is 0 Å².